The molecule has 0 spiro atoms. The number of hydrogen-bond acceptors (Lipinski definition) is 4. The molecule has 0 bridgehead atoms. The smallest absolute Gasteiger partial charge is 0.269 e. The van der Waals surface area contributed by atoms with Crippen LogP contribution in [0.5, 0.6) is 0 Å². The van der Waals surface area contributed by atoms with Gasteiger partial charge in [0.2, 0.25) is 0 Å². The zero-order valence-corrected chi connectivity index (χ0v) is 11.4. The van der Waals surface area contributed by atoms with Crippen molar-refractivity contribution in [1.82, 2.24) is 19.9 Å². The van der Waals surface area contributed by atoms with Crippen LogP contribution in [-0.4, -0.2) is 38.7 Å². The van der Waals surface area contributed by atoms with Gasteiger partial charge in [-0.3, -0.25) is 9.36 Å². The van der Waals surface area contributed by atoms with Gasteiger partial charge in [-0.15, -0.1) is 0 Å². The first-order chi connectivity index (χ1) is 9.70. The molecule has 1 atom stereocenters. The van der Waals surface area contributed by atoms with Gasteiger partial charge < -0.3 is 10.4 Å². The maximum Gasteiger partial charge on any atom is 0.269 e. The van der Waals surface area contributed by atoms with Gasteiger partial charge in [-0.2, -0.15) is 0 Å². The summed E-state index contributed by atoms with van der Waals surface area (Å²) >= 11 is 0. The van der Waals surface area contributed by atoms with E-state index in [-0.39, 0.29) is 18.4 Å². The van der Waals surface area contributed by atoms with Crippen molar-refractivity contribution in [3.63, 3.8) is 0 Å². The van der Waals surface area contributed by atoms with E-state index < -0.39 is 0 Å². The molecule has 2 aromatic rings. The average Bonchev–Trinajstić information content (AvgIpc) is 2.99. The first-order valence-electron chi connectivity index (χ1n) is 6.55. The zero-order valence-electron chi connectivity index (χ0n) is 11.4. The van der Waals surface area contributed by atoms with Crippen LogP contribution in [0, 0.1) is 5.92 Å². The number of carbonyl (C=O) groups is 1. The van der Waals surface area contributed by atoms with Crippen LogP contribution in [-0.2, 0) is 0 Å². The summed E-state index contributed by atoms with van der Waals surface area (Å²) in [6.45, 7) is 2.63. The minimum Gasteiger partial charge on any atom is -0.396 e. The third-order valence-corrected chi connectivity index (χ3v) is 2.97. The fourth-order valence-corrected chi connectivity index (χ4v) is 1.77. The highest BCUT2D eigenvalue weighted by molar-refractivity contribution is 5.92. The third kappa shape index (κ3) is 3.64. The van der Waals surface area contributed by atoms with E-state index in [9.17, 15) is 4.79 Å². The van der Waals surface area contributed by atoms with Crippen molar-refractivity contribution >= 4 is 5.91 Å². The number of pyridine rings is 1. The van der Waals surface area contributed by atoms with E-state index in [1.165, 1.54) is 0 Å². The number of nitrogens with zero attached hydrogens (tertiary/aromatic N) is 3. The molecule has 0 aliphatic rings. The van der Waals surface area contributed by atoms with Crippen LogP contribution in [0.1, 0.15) is 23.8 Å². The summed E-state index contributed by atoms with van der Waals surface area (Å²) < 4.78 is 1.74. The second-order valence-corrected chi connectivity index (χ2v) is 4.68. The van der Waals surface area contributed by atoms with E-state index in [0.717, 1.165) is 0 Å². The molecule has 2 aromatic heterocycles. The van der Waals surface area contributed by atoms with E-state index in [1.807, 2.05) is 13.0 Å². The fourth-order valence-electron chi connectivity index (χ4n) is 1.77. The summed E-state index contributed by atoms with van der Waals surface area (Å²) in [5.41, 5.74) is 0.368. The van der Waals surface area contributed by atoms with Gasteiger partial charge in [-0.05, 0) is 24.5 Å². The van der Waals surface area contributed by atoms with Crippen LogP contribution < -0.4 is 5.32 Å². The van der Waals surface area contributed by atoms with Gasteiger partial charge in [-0.25, -0.2) is 9.97 Å². The Balaban J connectivity index is 2.02. The predicted molar refractivity (Wildman–Crippen MR) is 74.6 cm³/mol. The Morgan fingerprint density at radius 1 is 1.50 bits per heavy atom. The van der Waals surface area contributed by atoms with Crippen molar-refractivity contribution in [3.8, 4) is 5.82 Å². The summed E-state index contributed by atoms with van der Waals surface area (Å²) in [7, 11) is 0. The predicted octanol–water partition coefficient (Wildman–Crippen LogP) is 1.02. The number of rotatable bonds is 6. The van der Waals surface area contributed by atoms with Gasteiger partial charge in [0, 0.05) is 25.5 Å². The summed E-state index contributed by atoms with van der Waals surface area (Å²) in [6, 6.07) is 5.27. The molecule has 20 heavy (non-hydrogen) atoms. The molecule has 2 N–H and O–H groups in total. The van der Waals surface area contributed by atoms with Crippen LogP contribution in [0.2, 0.25) is 0 Å². The number of imidazole rings is 1. The molecule has 2 rings (SSSR count). The number of aromatic nitrogens is 3. The number of aliphatic hydroxyl groups excluding tert-OH is 1. The lowest BCUT2D eigenvalue weighted by atomic mass is 10.1. The first-order valence-corrected chi connectivity index (χ1v) is 6.55. The highest BCUT2D eigenvalue weighted by Gasteiger charge is 2.10. The molecule has 106 valence electrons. The second-order valence-electron chi connectivity index (χ2n) is 4.68. The molecule has 0 aromatic carbocycles. The monoisotopic (exact) mass is 274 g/mol. The van der Waals surface area contributed by atoms with Crippen LogP contribution in [0.4, 0.5) is 0 Å². The van der Waals surface area contributed by atoms with Crippen molar-refractivity contribution < 1.29 is 9.90 Å². The molecule has 0 aliphatic carbocycles. The Bertz CT molecular complexity index is 554. The van der Waals surface area contributed by atoms with Gasteiger partial charge in [-0.1, -0.05) is 13.0 Å². The maximum absolute atomic E-state index is 12.0. The highest BCUT2D eigenvalue weighted by Crippen LogP contribution is 2.06. The normalized spacial score (nSPS) is 12.1. The molecule has 0 radical (unpaired) electrons. The van der Waals surface area contributed by atoms with Gasteiger partial charge in [0.05, 0.1) is 0 Å². The van der Waals surface area contributed by atoms with Gasteiger partial charge in [0.25, 0.3) is 5.91 Å². The van der Waals surface area contributed by atoms with Crippen molar-refractivity contribution in [2.75, 3.05) is 13.2 Å². The lowest BCUT2D eigenvalue weighted by Crippen LogP contribution is -2.29. The summed E-state index contributed by atoms with van der Waals surface area (Å²) in [5, 5.41) is 11.6. The Kier molecular flexibility index (Phi) is 4.84. The standard InChI is InChI=1S/C14H18N4O2/c1-11(5-8-19)9-16-14(20)12-3-2-4-13(17-12)18-7-6-15-10-18/h2-4,6-7,10-11,19H,5,8-9H2,1H3,(H,16,20). The Morgan fingerprint density at radius 2 is 2.35 bits per heavy atom. The molecule has 0 aliphatic heterocycles. The molecule has 0 saturated carbocycles. The number of nitrogens with one attached hydrogen (secondary N) is 1. The largest absolute Gasteiger partial charge is 0.396 e. The molecule has 0 saturated heterocycles. The molecule has 2 heterocycles. The van der Waals surface area contributed by atoms with Gasteiger partial charge >= 0.3 is 0 Å². The molecule has 6 nitrogen and oxygen atoms in total. The van der Waals surface area contributed by atoms with Crippen molar-refractivity contribution in [2.24, 2.45) is 5.92 Å². The quantitative estimate of drug-likeness (QED) is 0.824. The molecular formula is C14H18N4O2. The first kappa shape index (κ1) is 14.2. The second kappa shape index (κ2) is 6.81. The van der Waals surface area contributed by atoms with E-state index in [1.54, 1.807) is 35.4 Å². The van der Waals surface area contributed by atoms with Crippen LogP contribution in [0.25, 0.3) is 5.82 Å². The number of hydrogen-bond donors (Lipinski definition) is 2. The van der Waals surface area contributed by atoms with E-state index in [2.05, 4.69) is 15.3 Å². The summed E-state index contributed by atoms with van der Waals surface area (Å²) in [4.78, 5) is 20.3. The van der Waals surface area contributed by atoms with E-state index in [4.69, 9.17) is 5.11 Å². The highest BCUT2D eigenvalue weighted by atomic mass is 16.3. The molecular weight excluding hydrogens is 256 g/mol. The van der Waals surface area contributed by atoms with Crippen LogP contribution in [0.3, 0.4) is 0 Å². The average molecular weight is 274 g/mol. The third-order valence-electron chi connectivity index (χ3n) is 2.97. The maximum atomic E-state index is 12.0. The Hall–Kier alpha value is -2.21. The summed E-state index contributed by atoms with van der Waals surface area (Å²) in [5.74, 6) is 0.677. The van der Waals surface area contributed by atoms with E-state index in [0.29, 0.717) is 24.5 Å². The molecule has 6 heteroatoms. The topological polar surface area (TPSA) is 80.0 Å². The fraction of sp³-hybridized carbons (Fsp3) is 0.357. The number of amides is 1. The molecule has 1 amide bonds. The van der Waals surface area contributed by atoms with Gasteiger partial charge in [0.15, 0.2) is 0 Å². The molecule has 1 unspecified atom stereocenters. The van der Waals surface area contributed by atoms with Crippen molar-refractivity contribution in [3.05, 3.63) is 42.6 Å². The Labute approximate surface area is 117 Å². The number of carbonyl (C=O) groups excluding carboxylic acids is 1. The number of aliphatic hydroxyl groups is 1. The van der Waals surface area contributed by atoms with Crippen LogP contribution in [0.15, 0.2) is 36.9 Å². The lowest BCUT2D eigenvalue weighted by molar-refractivity contribution is 0.0940. The minimum atomic E-state index is -0.211. The minimum absolute atomic E-state index is 0.130. The summed E-state index contributed by atoms with van der Waals surface area (Å²) in [6.07, 6.45) is 5.73. The van der Waals surface area contributed by atoms with Gasteiger partial charge in [0.1, 0.15) is 17.8 Å². The SMILES string of the molecule is CC(CCO)CNC(=O)c1cccc(-n2ccnc2)n1. The Morgan fingerprint density at radius 3 is 3.05 bits per heavy atom. The van der Waals surface area contributed by atoms with Crippen molar-refractivity contribution in [1.29, 1.82) is 0 Å². The molecule has 0 fully saturated rings. The van der Waals surface area contributed by atoms with Crippen LogP contribution >= 0.6 is 0 Å². The van der Waals surface area contributed by atoms with E-state index >= 15 is 0 Å². The van der Waals surface area contributed by atoms with Crippen molar-refractivity contribution in [2.45, 2.75) is 13.3 Å². The lowest BCUT2D eigenvalue weighted by Gasteiger charge is -2.11. The zero-order chi connectivity index (χ0) is 14.4.